The van der Waals surface area contributed by atoms with Crippen LogP contribution in [0.15, 0.2) is 43.0 Å². The summed E-state index contributed by atoms with van der Waals surface area (Å²) in [6.07, 6.45) is 5.94. The van der Waals surface area contributed by atoms with E-state index in [0.29, 0.717) is 13.1 Å². The molecule has 0 spiro atoms. The fourth-order valence-corrected chi connectivity index (χ4v) is 4.55. The van der Waals surface area contributed by atoms with Gasteiger partial charge in [0.25, 0.3) is 0 Å². The van der Waals surface area contributed by atoms with Crippen LogP contribution in [-0.2, 0) is 0 Å². The van der Waals surface area contributed by atoms with Crippen molar-refractivity contribution in [1.29, 1.82) is 0 Å². The van der Waals surface area contributed by atoms with E-state index in [4.69, 9.17) is 0 Å². The Bertz CT molecular complexity index is 1060. The van der Waals surface area contributed by atoms with Crippen molar-refractivity contribution in [2.45, 2.75) is 18.8 Å². The van der Waals surface area contributed by atoms with Crippen molar-refractivity contribution in [3.63, 3.8) is 0 Å². The Balaban J connectivity index is 1.31. The van der Waals surface area contributed by atoms with Crippen molar-refractivity contribution >= 4 is 28.6 Å². The first-order valence-corrected chi connectivity index (χ1v) is 10.7. The highest BCUT2D eigenvalue weighted by atomic mass is 16.4. The smallest absolute Gasteiger partial charge is 0.407 e. The molecule has 0 aliphatic carbocycles. The number of piperidine rings is 1. The van der Waals surface area contributed by atoms with Gasteiger partial charge >= 0.3 is 6.09 Å². The number of nitrogens with zero attached hydrogens (tertiary/aromatic N) is 7. The zero-order chi connectivity index (χ0) is 21.2. The Morgan fingerprint density at radius 1 is 0.903 bits per heavy atom. The molecule has 2 aromatic heterocycles. The Hall–Kier alpha value is -3.49. The lowest BCUT2D eigenvalue weighted by Gasteiger charge is -2.36. The van der Waals surface area contributed by atoms with Gasteiger partial charge in [0.05, 0.1) is 11.2 Å². The highest BCUT2D eigenvalue weighted by Gasteiger charge is 2.26. The molecule has 31 heavy (non-hydrogen) atoms. The van der Waals surface area contributed by atoms with Gasteiger partial charge in [-0.1, -0.05) is 0 Å². The minimum Gasteiger partial charge on any atom is -0.465 e. The van der Waals surface area contributed by atoms with E-state index in [0.717, 1.165) is 67.3 Å². The number of rotatable bonds is 3. The standard InChI is InChI=1S/C22H25N7O2/c30-22(31)29-8-4-16(5-9-29)20-18-3-2-17(14-19(18)25-15-26-20)27-10-12-28(13-11-27)21-23-6-1-7-24-21/h1-3,6-7,14-16H,4-5,8-13H2,(H,30,31). The molecular formula is C22H25N7O2. The van der Waals surface area contributed by atoms with Crippen LogP contribution in [0, 0.1) is 0 Å². The average molecular weight is 419 g/mol. The third kappa shape index (κ3) is 3.95. The molecule has 0 atom stereocenters. The SMILES string of the molecule is O=C(O)N1CCC(c2ncnc3cc(N4CCN(c5ncccn5)CC4)ccc23)CC1. The molecule has 0 saturated carbocycles. The first-order valence-electron chi connectivity index (χ1n) is 10.7. The second-order valence-corrected chi connectivity index (χ2v) is 8.03. The molecule has 1 aromatic carbocycles. The molecule has 0 unspecified atom stereocenters. The molecule has 2 aliphatic heterocycles. The summed E-state index contributed by atoms with van der Waals surface area (Å²) in [4.78, 5) is 35.1. The van der Waals surface area contributed by atoms with Crippen LogP contribution < -0.4 is 9.80 Å². The van der Waals surface area contributed by atoms with Crippen molar-refractivity contribution in [3.05, 3.63) is 48.7 Å². The highest BCUT2D eigenvalue weighted by molar-refractivity contribution is 5.84. The molecule has 5 rings (SSSR count). The Kier molecular flexibility index (Phi) is 5.23. The monoisotopic (exact) mass is 419 g/mol. The van der Waals surface area contributed by atoms with E-state index in [1.54, 1.807) is 18.7 Å². The maximum Gasteiger partial charge on any atom is 0.407 e. The number of carboxylic acid groups (broad SMARTS) is 1. The maximum atomic E-state index is 11.2. The minimum absolute atomic E-state index is 0.265. The van der Waals surface area contributed by atoms with E-state index in [-0.39, 0.29) is 5.92 Å². The van der Waals surface area contributed by atoms with Gasteiger partial charge in [0.1, 0.15) is 6.33 Å². The number of likely N-dealkylation sites (tertiary alicyclic amines) is 1. The second kappa shape index (κ2) is 8.33. The van der Waals surface area contributed by atoms with E-state index in [9.17, 15) is 9.90 Å². The predicted molar refractivity (Wildman–Crippen MR) is 118 cm³/mol. The number of hydrogen-bond donors (Lipinski definition) is 1. The first kappa shape index (κ1) is 19.5. The third-order valence-corrected chi connectivity index (χ3v) is 6.28. The first-order chi connectivity index (χ1) is 15.2. The molecular weight excluding hydrogens is 394 g/mol. The van der Waals surface area contributed by atoms with Crippen LogP contribution in [0.5, 0.6) is 0 Å². The molecule has 9 nitrogen and oxygen atoms in total. The number of carbonyl (C=O) groups is 1. The van der Waals surface area contributed by atoms with Gasteiger partial charge < -0.3 is 19.8 Å². The van der Waals surface area contributed by atoms with Crippen molar-refractivity contribution < 1.29 is 9.90 Å². The average Bonchev–Trinajstić information content (AvgIpc) is 2.84. The summed E-state index contributed by atoms with van der Waals surface area (Å²) < 4.78 is 0. The molecule has 2 aliphatic rings. The molecule has 4 heterocycles. The fourth-order valence-electron chi connectivity index (χ4n) is 4.55. The number of benzene rings is 1. The number of hydrogen-bond acceptors (Lipinski definition) is 7. The lowest BCUT2D eigenvalue weighted by Crippen LogP contribution is -2.47. The van der Waals surface area contributed by atoms with E-state index in [1.807, 2.05) is 6.07 Å². The molecule has 0 bridgehead atoms. The highest BCUT2D eigenvalue weighted by Crippen LogP contribution is 2.32. The van der Waals surface area contributed by atoms with E-state index in [1.165, 1.54) is 4.90 Å². The van der Waals surface area contributed by atoms with Gasteiger partial charge in [-0.15, -0.1) is 0 Å². The van der Waals surface area contributed by atoms with Gasteiger partial charge in [-0.2, -0.15) is 0 Å². The lowest BCUT2D eigenvalue weighted by atomic mass is 9.91. The Morgan fingerprint density at radius 3 is 2.32 bits per heavy atom. The van der Waals surface area contributed by atoms with Gasteiger partial charge in [-0.25, -0.2) is 24.7 Å². The number of amides is 1. The van der Waals surface area contributed by atoms with E-state index >= 15 is 0 Å². The zero-order valence-corrected chi connectivity index (χ0v) is 17.3. The fraction of sp³-hybridized carbons (Fsp3) is 0.409. The van der Waals surface area contributed by atoms with Gasteiger partial charge in [0, 0.05) is 68.7 Å². The molecule has 0 radical (unpaired) electrons. The van der Waals surface area contributed by atoms with E-state index in [2.05, 4.69) is 47.9 Å². The quantitative estimate of drug-likeness (QED) is 0.692. The molecule has 1 N–H and O–H groups in total. The van der Waals surface area contributed by atoms with Gasteiger partial charge in [0.15, 0.2) is 0 Å². The summed E-state index contributed by atoms with van der Waals surface area (Å²) in [7, 11) is 0. The summed E-state index contributed by atoms with van der Waals surface area (Å²) in [5.41, 5.74) is 3.14. The number of aromatic nitrogens is 4. The molecule has 1 amide bonds. The number of fused-ring (bicyclic) bond motifs is 1. The van der Waals surface area contributed by atoms with Crippen LogP contribution in [0.25, 0.3) is 10.9 Å². The van der Waals surface area contributed by atoms with Crippen LogP contribution >= 0.6 is 0 Å². The Labute approximate surface area is 180 Å². The van der Waals surface area contributed by atoms with Crippen molar-refractivity contribution in [2.75, 3.05) is 49.1 Å². The maximum absolute atomic E-state index is 11.2. The summed E-state index contributed by atoms with van der Waals surface area (Å²) in [5.74, 6) is 1.05. The normalized spacial score (nSPS) is 17.9. The zero-order valence-electron chi connectivity index (χ0n) is 17.3. The number of piperazine rings is 1. The topological polar surface area (TPSA) is 98.6 Å². The van der Waals surface area contributed by atoms with Crippen LogP contribution in [0.3, 0.4) is 0 Å². The number of anilines is 2. The largest absolute Gasteiger partial charge is 0.465 e. The molecule has 160 valence electrons. The second-order valence-electron chi connectivity index (χ2n) is 8.03. The summed E-state index contributed by atoms with van der Waals surface area (Å²) in [6.45, 7) is 4.65. The third-order valence-electron chi connectivity index (χ3n) is 6.28. The lowest BCUT2D eigenvalue weighted by molar-refractivity contribution is 0.132. The van der Waals surface area contributed by atoms with Gasteiger partial charge in [-0.3, -0.25) is 0 Å². The van der Waals surface area contributed by atoms with Crippen LogP contribution in [-0.4, -0.2) is 75.3 Å². The van der Waals surface area contributed by atoms with Crippen molar-refractivity contribution in [1.82, 2.24) is 24.8 Å². The minimum atomic E-state index is -0.838. The molecule has 9 heteroatoms. The van der Waals surface area contributed by atoms with Crippen LogP contribution in [0.2, 0.25) is 0 Å². The Morgan fingerprint density at radius 2 is 1.61 bits per heavy atom. The van der Waals surface area contributed by atoms with Crippen molar-refractivity contribution in [2.24, 2.45) is 0 Å². The van der Waals surface area contributed by atoms with Crippen molar-refractivity contribution in [3.8, 4) is 0 Å². The van der Waals surface area contributed by atoms with Crippen LogP contribution in [0.1, 0.15) is 24.5 Å². The summed E-state index contributed by atoms with van der Waals surface area (Å²) >= 11 is 0. The van der Waals surface area contributed by atoms with Crippen LogP contribution in [0.4, 0.5) is 16.4 Å². The molecule has 3 aromatic rings. The molecule has 2 saturated heterocycles. The summed E-state index contributed by atoms with van der Waals surface area (Å²) in [5, 5.41) is 10.3. The molecule has 2 fully saturated rings. The predicted octanol–water partition coefficient (Wildman–Crippen LogP) is 2.60. The van der Waals surface area contributed by atoms with E-state index < -0.39 is 6.09 Å². The summed E-state index contributed by atoms with van der Waals surface area (Å²) in [6, 6.07) is 8.24. The van der Waals surface area contributed by atoms with Gasteiger partial charge in [-0.05, 0) is 37.1 Å². The van der Waals surface area contributed by atoms with Gasteiger partial charge in [0.2, 0.25) is 5.95 Å².